The lowest BCUT2D eigenvalue weighted by atomic mass is 10.0. The second-order valence-corrected chi connectivity index (χ2v) is 4.90. The molecule has 1 fully saturated rings. The Kier molecular flexibility index (Phi) is 3.19. The highest BCUT2D eigenvalue weighted by molar-refractivity contribution is 6.29. The predicted octanol–water partition coefficient (Wildman–Crippen LogP) is 3.24. The Balaban J connectivity index is 2.00. The minimum atomic E-state index is 0.479. The molecule has 2 aromatic heterocycles. The molecule has 0 aromatic carbocycles. The van der Waals surface area contributed by atoms with Gasteiger partial charge in [-0.1, -0.05) is 24.4 Å². The highest BCUT2D eigenvalue weighted by atomic mass is 35.5. The van der Waals surface area contributed by atoms with Crippen LogP contribution in [0.4, 0.5) is 0 Å². The van der Waals surface area contributed by atoms with Crippen LogP contribution >= 0.6 is 11.6 Å². The van der Waals surface area contributed by atoms with Crippen molar-refractivity contribution in [3.8, 4) is 11.5 Å². The van der Waals surface area contributed by atoms with Gasteiger partial charge in [0.05, 0.1) is 6.20 Å². The van der Waals surface area contributed by atoms with Gasteiger partial charge in [-0.05, 0) is 18.9 Å². The van der Waals surface area contributed by atoms with Crippen molar-refractivity contribution < 1.29 is 0 Å². The van der Waals surface area contributed by atoms with Crippen LogP contribution in [0.25, 0.3) is 11.5 Å². The quantitative estimate of drug-likeness (QED) is 0.778. The summed E-state index contributed by atoms with van der Waals surface area (Å²) in [6.07, 6.45) is 9.84. The zero-order valence-corrected chi connectivity index (χ0v) is 10.6. The summed E-state index contributed by atoms with van der Waals surface area (Å²) in [6.45, 7) is 0. The molecule has 0 spiro atoms. The van der Waals surface area contributed by atoms with Crippen molar-refractivity contribution in [2.24, 2.45) is 0 Å². The number of hydrogen-bond donors (Lipinski definition) is 0. The molecule has 2 aromatic rings. The largest absolute Gasteiger partial charge is 0.261 e. The van der Waals surface area contributed by atoms with E-state index in [2.05, 4.69) is 19.9 Å². The van der Waals surface area contributed by atoms with Crippen molar-refractivity contribution >= 4 is 11.6 Å². The molecule has 0 radical (unpaired) electrons. The van der Waals surface area contributed by atoms with Gasteiger partial charge in [-0.25, -0.2) is 15.0 Å². The summed E-state index contributed by atoms with van der Waals surface area (Å²) in [5.41, 5.74) is 1.70. The van der Waals surface area contributed by atoms with E-state index in [1.54, 1.807) is 18.6 Å². The summed E-state index contributed by atoms with van der Waals surface area (Å²) in [5.74, 6) is 1.08. The van der Waals surface area contributed by atoms with E-state index in [0.717, 1.165) is 5.69 Å². The van der Waals surface area contributed by atoms with E-state index >= 15 is 0 Å². The van der Waals surface area contributed by atoms with E-state index in [9.17, 15) is 0 Å². The molecule has 4 nitrogen and oxygen atoms in total. The van der Waals surface area contributed by atoms with Crippen LogP contribution in [0.1, 0.15) is 37.3 Å². The van der Waals surface area contributed by atoms with E-state index in [1.807, 2.05) is 6.07 Å². The first-order valence-corrected chi connectivity index (χ1v) is 6.51. The molecule has 0 atom stereocenters. The van der Waals surface area contributed by atoms with Crippen LogP contribution in [0.3, 0.4) is 0 Å². The van der Waals surface area contributed by atoms with Crippen LogP contribution in [0.5, 0.6) is 0 Å². The molecule has 5 heteroatoms. The van der Waals surface area contributed by atoms with E-state index in [-0.39, 0.29) is 0 Å². The average Bonchev–Trinajstić information content (AvgIpc) is 2.93. The van der Waals surface area contributed by atoms with Gasteiger partial charge in [0.1, 0.15) is 10.8 Å². The van der Waals surface area contributed by atoms with Crippen LogP contribution in [0, 0.1) is 0 Å². The normalized spacial score (nSPS) is 16.1. The maximum Gasteiger partial charge on any atom is 0.181 e. The highest BCUT2D eigenvalue weighted by Crippen LogP contribution is 2.34. The Morgan fingerprint density at radius 3 is 2.67 bits per heavy atom. The fourth-order valence-corrected chi connectivity index (χ4v) is 2.59. The van der Waals surface area contributed by atoms with Crippen LogP contribution in [-0.2, 0) is 0 Å². The van der Waals surface area contributed by atoms with Gasteiger partial charge in [-0.2, -0.15) is 0 Å². The lowest BCUT2D eigenvalue weighted by Crippen LogP contribution is -2.01. The minimum absolute atomic E-state index is 0.479. The summed E-state index contributed by atoms with van der Waals surface area (Å²) < 4.78 is 0. The fourth-order valence-electron chi connectivity index (χ4n) is 2.39. The monoisotopic (exact) mass is 260 g/mol. The van der Waals surface area contributed by atoms with Gasteiger partial charge in [0, 0.05) is 24.0 Å². The third-order valence-electron chi connectivity index (χ3n) is 3.28. The van der Waals surface area contributed by atoms with Crippen molar-refractivity contribution in [3.63, 3.8) is 0 Å². The molecule has 1 saturated carbocycles. The maximum atomic E-state index is 6.08. The minimum Gasteiger partial charge on any atom is -0.261 e. The van der Waals surface area contributed by atoms with E-state index in [4.69, 9.17) is 11.6 Å². The molecule has 3 rings (SSSR count). The molecule has 0 amide bonds. The zero-order valence-electron chi connectivity index (χ0n) is 9.88. The maximum absolute atomic E-state index is 6.08. The first-order chi connectivity index (χ1) is 8.83. The number of hydrogen-bond acceptors (Lipinski definition) is 4. The van der Waals surface area contributed by atoms with Gasteiger partial charge in [0.2, 0.25) is 0 Å². The molecule has 0 bridgehead atoms. The molecular formula is C13H13ClN4. The lowest BCUT2D eigenvalue weighted by Gasteiger charge is -2.10. The Morgan fingerprint density at radius 1 is 1.11 bits per heavy atom. The molecule has 1 aliphatic rings. The van der Waals surface area contributed by atoms with E-state index in [0.29, 0.717) is 22.6 Å². The molecule has 0 N–H and O–H groups in total. The van der Waals surface area contributed by atoms with Gasteiger partial charge in [-0.15, -0.1) is 0 Å². The second-order valence-electron chi connectivity index (χ2n) is 4.51. The Hall–Kier alpha value is -1.55. The summed E-state index contributed by atoms with van der Waals surface area (Å²) in [4.78, 5) is 17.1. The van der Waals surface area contributed by atoms with Crippen LogP contribution in [0.15, 0.2) is 24.7 Å². The Labute approximate surface area is 110 Å². The first-order valence-electron chi connectivity index (χ1n) is 6.14. The van der Waals surface area contributed by atoms with Gasteiger partial charge in [0.25, 0.3) is 0 Å². The van der Waals surface area contributed by atoms with Crippen molar-refractivity contribution in [2.45, 2.75) is 31.6 Å². The Bertz CT molecular complexity index is 538. The molecule has 0 aliphatic heterocycles. The molecule has 1 aliphatic carbocycles. The highest BCUT2D eigenvalue weighted by Gasteiger charge is 2.20. The van der Waals surface area contributed by atoms with Crippen LogP contribution in [0.2, 0.25) is 5.15 Å². The molecule has 92 valence electrons. The van der Waals surface area contributed by atoms with Gasteiger partial charge in [-0.3, -0.25) is 4.98 Å². The van der Waals surface area contributed by atoms with Crippen LogP contribution in [-0.4, -0.2) is 19.9 Å². The number of rotatable bonds is 2. The van der Waals surface area contributed by atoms with Gasteiger partial charge < -0.3 is 0 Å². The van der Waals surface area contributed by atoms with E-state index in [1.165, 1.54) is 25.7 Å². The lowest BCUT2D eigenvalue weighted by molar-refractivity contribution is 0.695. The van der Waals surface area contributed by atoms with Crippen molar-refractivity contribution in [3.05, 3.63) is 35.5 Å². The predicted molar refractivity (Wildman–Crippen MR) is 69.3 cm³/mol. The first kappa shape index (κ1) is 11.5. The van der Waals surface area contributed by atoms with Crippen molar-refractivity contribution in [2.75, 3.05) is 0 Å². The zero-order chi connectivity index (χ0) is 12.4. The summed E-state index contributed by atoms with van der Waals surface area (Å²) in [7, 11) is 0. The number of nitrogens with zero attached hydrogens (tertiary/aromatic N) is 4. The number of aromatic nitrogens is 4. The summed E-state index contributed by atoms with van der Waals surface area (Å²) in [6, 6.07) is 1.87. The molecule has 0 unspecified atom stereocenters. The van der Waals surface area contributed by atoms with Gasteiger partial charge >= 0.3 is 0 Å². The molecule has 0 saturated heterocycles. The fraction of sp³-hybridized carbons (Fsp3) is 0.385. The molecular weight excluding hydrogens is 248 g/mol. The Morgan fingerprint density at radius 2 is 1.94 bits per heavy atom. The number of halogens is 1. The topological polar surface area (TPSA) is 51.6 Å². The third kappa shape index (κ3) is 2.34. The third-order valence-corrected chi connectivity index (χ3v) is 3.47. The van der Waals surface area contributed by atoms with Crippen molar-refractivity contribution in [1.82, 2.24) is 19.9 Å². The summed E-state index contributed by atoms with van der Waals surface area (Å²) >= 11 is 6.08. The van der Waals surface area contributed by atoms with Gasteiger partial charge in [0.15, 0.2) is 5.82 Å². The summed E-state index contributed by atoms with van der Waals surface area (Å²) in [5, 5.41) is 0.479. The van der Waals surface area contributed by atoms with Crippen LogP contribution < -0.4 is 0 Å². The molecule has 18 heavy (non-hydrogen) atoms. The van der Waals surface area contributed by atoms with E-state index < -0.39 is 0 Å². The second kappa shape index (κ2) is 4.98. The SMILES string of the molecule is Clc1cc(C2CCCC2)nc(-c2cnccn2)n1. The standard InChI is InChI=1S/C13H13ClN4/c14-12-7-10(9-3-1-2-4-9)17-13(18-12)11-8-15-5-6-16-11/h5-9H,1-4H2. The average molecular weight is 261 g/mol. The van der Waals surface area contributed by atoms with Crippen molar-refractivity contribution in [1.29, 1.82) is 0 Å². The molecule has 2 heterocycles. The smallest absolute Gasteiger partial charge is 0.181 e.